The lowest BCUT2D eigenvalue weighted by Crippen LogP contribution is -1.93. The van der Waals surface area contributed by atoms with Gasteiger partial charge >= 0.3 is 0 Å². The lowest BCUT2D eigenvalue weighted by Gasteiger charge is -2.09. The highest BCUT2D eigenvalue weighted by atomic mass is 35.5. The van der Waals surface area contributed by atoms with Crippen molar-refractivity contribution < 1.29 is 4.74 Å². The van der Waals surface area contributed by atoms with E-state index < -0.39 is 0 Å². The van der Waals surface area contributed by atoms with Crippen LogP contribution in [0.2, 0.25) is 10.0 Å². The number of hydrogen-bond donors (Lipinski definition) is 0. The van der Waals surface area contributed by atoms with Gasteiger partial charge in [0, 0.05) is 27.1 Å². The number of ether oxygens (including phenoxy) is 1. The summed E-state index contributed by atoms with van der Waals surface area (Å²) in [5.41, 5.74) is 4.42. The van der Waals surface area contributed by atoms with Crippen molar-refractivity contribution in [1.82, 2.24) is 24.8 Å². The van der Waals surface area contributed by atoms with E-state index in [-0.39, 0.29) is 0 Å². The third-order valence-corrected chi connectivity index (χ3v) is 6.98. The lowest BCUT2D eigenvalue weighted by atomic mass is 10.0. The Morgan fingerprint density at radius 2 is 1.71 bits per heavy atom. The van der Waals surface area contributed by atoms with Gasteiger partial charge in [0.15, 0.2) is 5.82 Å². The van der Waals surface area contributed by atoms with Crippen LogP contribution in [0.15, 0.2) is 72.8 Å². The summed E-state index contributed by atoms with van der Waals surface area (Å²) in [4.78, 5) is 5.55. The van der Waals surface area contributed by atoms with Gasteiger partial charge in [-0.25, -0.2) is 4.98 Å². The van der Waals surface area contributed by atoms with Crippen molar-refractivity contribution >= 4 is 50.4 Å². The summed E-state index contributed by atoms with van der Waals surface area (Å²) in [6.07, 6.45) is 0. The minimum atomic E-state index is 0.493. The number of nitrogens with zero attached hydrogens (tertiary/aromatic N) is 5. The van der Waals surface area contributed by atoms with Crippen molar-refractivity contribution in [2.75, 3.05) is 7.11 Å². The Kier molecular flexibility index (Phi) is 5.17. The number of aromatic nitrogens is 5. The first-order valence-electron chi connectivity index (χ1n) is 10.3. The van der Waals surface area contributed by atoms with E-state index in [1.165, 1.54) is 11.3 Å². The van der Waals surface area contributed by atoms with Crippen molar-refractivity contribution in [3.63, 3.8) is 0 Å². The molecule has 34 heavy (non-hydrogen) atoms. The summed E-state index contributed by atoms with van der Waals surface area (Å²) in [5.74, 6) is 1.36. The molecule has 0 aliphatic carbocycles. The number of rotatable bonds is 4. The number of para-hydroxylation sites is 1. The minimum absolute atomic E-state index is 0.493. The van der Waals surface area contributed by atoms with E-state index in [9.17, 15) is 0 Å². The number of benzene rings is 3. The molecule has 9 heteroatoms. The second-order valence-corrected chi connectivity index (χ2v) is 9.35. The molecule has 0 N–H and O–H groups in total. The van der Waals surface area contributed by atoms with Gasteiger partial charge in [-0.15, -0.1) is 10.2 Å². The van der Waals surface area contributed by atoms with Crippen molar-refractivity contribution in [3.8, 4) is 39.0 Å². The quantitative estimate of drug-likeness (QED) is 0.257. The number of fused-ring (bicyclic) bond motifs is 2. The molecule has 0 aliphatic heterocycles. The molecule has 0 radical (unpaired) electrons. The van der Waals surface area contributed by atoms with Crippen LogP contribution in [-0.4, -0.2) is 31.9 Å². The molecular formula is C25H15Cl2N5OS. The fourth-order valence-corrected chi connectivity index (χ4v) is 5.19. The standard InChI is InChI=1S/C25H15Cl2N5OS/c1-33-16-9-6-14(7-10-16)22-13-19(17-4-2-3-5-21(17)28-22)24-31-32-23(29-30-25(32)34-24)18-11-8-15(26)12-20(18)27/h2-13H,1H3. The second kappa shape index (κ2) is 8.36. The maximum absolute atomic E-state index is 6.43. The average Bonchev–Trinajstić information content (AvgIpc) is 3.45. The van der Waals surface area contributed by atoms with Gasteiger partial charge in [-0.3, -0.25) is 0 Å². The molecule has 3 aromatic heterocycles. The molecular weight excluding hydrogens is 489 g/mol. The summed E-state index contributed by atoms with van der Waals surface area (Å²) in [5, 5.41) is 16.4. The van der Waals surface area contributed by atoms with Crippen LogP contribution in [0.25, 0.3) is 49.1 Å². The van der Waals surface area contributed by atoms with Crippen LogP contribution in [-0.2, 0) is 0 Å². The van der Waals surface area contributed by atoms with Crippen LogP contribution in [0.4, 0.5) is 0 Å². The van der Waals surface area contributed by atoms with Gasteiger partial charge in [-0.05, 0) is 54.6 Å². The van der Waals surface area contributed by atoms with E-state index in [1.54, 1.807) is 23.8 Å². The lowest BCUT2D eigenvalue weighted by molar-refractivity contribution is 0.415. The Morgan fingerprint density at radius 3 is 2.50 bits per heavy atom. The Labute approximate surface area is 208 Å². The van der Waals surface area contributed by atoms with E-state index in [0.29, 0.717) is 26.4 Å². The average molecular weight is 504 g/mol. The molecule has 6 nitrogen and oxygen atoms in total. The number of pyridine rings is 1. The maximum Gasteiger partial charge on any atom is 0.235 e. The molecule has 3 heterocycles. The summed E-state index contributed by atoms with van der Waals surface area (Å²) >= 11 is 14.0. The molecule has 0 unspecified atom stereocenters. The molecule has 166 valence electrons. The predicted octanol–water partition coefficient (Wildman–Crippen LogP) is 7.05. The molecule has 0 amide bonds. The maximum atomic E-state index is 6.43. The smallest absolute Gasteiger partial charge is 0.235 e. The third kappa shape index (κ3) is 3.58. The summed E-state index contributed by atoms with van der Waals surface area (Å²) in [6.45, 7) is 0. The Hall–Kier alpha value is -3.52. The van der Waals surface area contributed by atoms with Crippen LogP contribution in [0.3, 0.4) is 0 Å². The first-order valence-corrected chi connectivity index (χ1v) is 11.9. The Morgan fingerprint density at radius 1 is 0.882 bits per heavy atom. The molecule has 0 fully saturated rings. The van der Waals surface area contributed by atoms with Gasteiger partial charge in [0.2, 0.25) is 4.96 Å². The highest BCUT2D eigenvalue weighted by Crippen LogP contribution is 2.36. The van der Waals surface area contributed by atoms with E-state index in [1.807, 2.05) is 48.5 Å². The van der Waals surface area contributed by atoms with Crippen LogP contribution in [0, 0.1) is 0 Å². The van der Waals surface area contributed by atoms with Crippen molar-refractivity contribution in [2.24, 2.45) is 0 Å². The molecule has 0 saturated carbocycles. The first kappa shape index (κ1) is 21.0. The van der Waals surface area contributed by atoms with Gasteiger partial charge < -0.3 is 4.74 Å². The molecule has 6 aromatic rings. The first-order chi connectivity index (χ1) is 16.6. The zero-order valence-electron chi connectivity index (χ0n) is 17.7. The molecule has 6 rings (SSSR count). The summed E-state index contributed by atoms with van der Waals surface area (Å²) in [7, 11) is 1.65. The minimum Gasteiger partial charge on any atom is -0.497 e. The van der Waals surface area contributed by atoms with Gasteiger partial charge in [0.1, 0.15) is 10.8 Å². The third-order valence-electron chi connectivity index (χ3n) is 5.50. The van der Waals surface area contributed by atoms with E-state index in [0.717, 1.165) is 38.5 Å². The van der Waals surface area contributed by atoms with Crippen LogP contribution in [0.5, 0.6) is 5.75 Å². The fraction of sp³-hybridized carbons (Fsp3) is 0.0400. The van der Waals surface area contributed by atoms with E-state index in [4.69, 9.17) is 38.0 Å². The van der Waals surface area contributed by atoms with Gasteiger partial charge in [-0.1, -0.05) is 52.7 Å². The Bertz CT molecular complexity index is 1680. The van der Waals surface area contributed by atoms with E-state index in [2.05, 4.69) is 22.3 Å². The summed E-state index contributed by atoms with van der Waals surface area (Å²) in [6, 6.07) is 23.2. The monoisotopic (exact) mass is 503 g/mol. The topological polar surface area (TPSA) is 65.2 Å². The largest absolute Gasteiger partial charge is 0.497 e. The Balaban J connectivity index is 1.53. The summed E-state index contributed by atoms with van der Waals surface area (Å²) < 4.78 is 7.01. The molecule has 0 atom stereocenters. The van der Waals surface area contributed by atoms with E-state index >= 15 is 0 Å². The molecule has 0 saturated heterocycles. The predicted molar refractivity (Wildman–Crippen MR) is 137 cm³/mol. The molecule has 3 aromatic carbocycles. The van der Waals surface area contributed by atoms with Crippen molar-refractivity contribution in [1.29, 1.82) is 0 Å². The van der Waals surface area contributed by atoms with Gasteiger partial charge in [0.05, 0.1) is 23.3 Å². The normalized spacial score (nSPS) is 11.4. The molecule has 0 spiro atoms. The molecule has 0 bridgehead atoms. The number of halogens is 2. The highest BCUT2D eigenvalue weighted by Gasteiger charge is 2.19. The highest BCUT2D eigenvalue weighted by molar-refractivity contribution is 7.20. The zero-order valence-corrected chi connectivity index (χ0v) is 20.1. The van der Waals surface area contributed by atoms with Crippen molar-refractivity contribution in [2.45, 2.75) is 0 Å². The van der Waals surface area contributed by atoms with Crippen LogP contribution in [0.1, 0.15) is 0 Å². The fourth-order valence-electron chi connectivity index (χ4n) is 3.83. The van der Waals surface area contributed by atoms with Crippen LogP contribution < -0.4 is 4.74 Å². The second-order valence-electron chi connectivity index (χ2n) is 7.55. The molecule has 0 aliphatic rings. The SMILES string of the molecule is COc1ccc(-c2cc(-c3nn4c(-c5ccc(Cl)cc5Cl)nnc4s3)c3ccccc3n2)cc1. The number of methoxy groups -OCH3 is 1. The number of hydrogen-bond acceptors (Lipinski definition) is 6. The zero-order chi connectivity index (χ0) is 23.2. The van der Waals surface area contributed by atoms with Crippen molar-refractivity contribution in [3.05, 3.63) is 82.8 Å². The van der Waals surface area contributed by atoms with Crippen LogP contribution >= 0.6 is 34.5 Å². The van der Waals surface area contributed by atoms with Gasteiger partial charge in [-0.2, -0.15) is 9.61 Å². The van der Waals surface area contributed by atoms with Gasteiger partial charge in [0.25, 0.3) is 0 Å².